The smallest absolute Gasteiger partial charge is 0.335 e. The lowest BCUT2D eigenvalue weighted by Gasteiger charge is -2.30. The molecule has 0 aliphatic rings. The van der Waals surface area contributed by atoms with Gasteiger partial charge in [-0.05, 0) is 30.2 Å². The van der Waals surface area contributed by atoms with Crippen molar-refractivity contribution in [3.63, 3.8) is 0 Å². The van der Waals surface area contributed by atoms with Gasteiger partial charge in [0.25, 0.3) is 0 Å². The molecule has 2 rings (SSSR count). The predicted octanol–water partition coefficient (Wildman–Crippen LogP) is 3.79. The van der Waals surface area contributed by atoms with Crippen LogP contribution in [0.3, 0.4) is 0 Å². The number of hydrogen-bond donors (Lipinski definition) is 4. The first-order valence-electron chi connectivity index (χ1n) is 8.88. The molecular weight excluding hydrogens is 360 g/mol. The van der Waals surface area contributed by atoms with Crippen molar-refractivity contribution in [3.05, 3.63) is 71.8 Å². The molecule has 0 saturated heterocycles. The Morgan fingerprint density at radius 2 is 1.14 bits per heavy atom. The zero-order valence-electron chi connectivity index (χ0n) is 16.7. The summed E-state index contributed by atoms with van der Waals surface area (Å²) in [6.45, 7) is 7.64. The van der Waals surface area contributed by atoms with Crippen molar-refractivity contribution >= 4 is 11.9 Å². The summed E-state index contributed by atoms with van der Waals surface area (Å²) in [6, 6.07) is 16.6. The predicted molar refractivity (Wildman–Crippen MR) is 109 cm³/mol. The average molecular weight is 390 g/mol. The molecule has 6 heteroatoms. The van der Waals surface area contributed by atoms with Crippen molar-refractivity contribution < 1.29 is 30.0 Å². The van der Waals surface area contributed by atoms with E-state index in [0.717, 1.165) is 0 Å². The van der Waals surface area contributed by atoms with Gasteiger partial charge in [-0.3, -0.25) is 0 Å². The maximum absolute atomic E-state index is 10.2. The van der Waals surface area contributed by atoms with Crippen LogP contribution in [0.2, 0.25) is 0 Å². The Hall–Kier alpha value is -2.70. The molecule has 6 nitrogen and oxygen atoms in total. The van der Waals surface area contributed by atoms with E-state index >= 15 is 0 Å². The number of carbonyl (C=O) groups is 2. The summed E-state index contributed by atoms with van der Waals surface area (Å²) in [5.41, 5.74) is 0.295. The molecule has 0 aliphatic carbocycles. The molecule has 0 heterocycles. The number of carboxylic acids is 2. The van der Waals surface area contributed by atoms with Crippen LogP contribution in [0.4, 0.5) is 0 Å². The van der Waals surface area contributed by atoms with Crippen LogP contribution in [0.15, 0.2) is 60.7 Å². The van der Waals surface area contributed by atoms with Crippen LogP contribution in [0.5, 0.6) is 0 Å². The number of aromatic carboxylic acids is 2. The second-order valence-electron chi connectivity index (χ2n) is 7.18. The number of hydrogen-bond acceptors (Lipinski definition) is 4. The molecule has 1 atom stereocenters. The highest BCUT2D eigenvalue weighted by molar-refractivity contribution is 5.87. The zero-order valence-corrected chi connectivity index (χ0v) is 16.7. The molecule has 0 aromatic heterocycles. The molecule has 4 N–H and O–H groups in total. The van der Waals surface area contributed by atoms with E-state index in [2.05, 4.69) is 0 Å². The van der Waals surface area contributed by atoms with Gasteiger partial charge < -0.3 is 20.4 Å². The lowest BCUT2D eigenvalue weighted by Crippen LogP contribution is -2.36. The number of aliphatic hydroxyl groups is 2. The summed E-state index contributed by atoms with van der Waals surface area (Å²) in [6.07, 6.45) is -0.419. The first kappa shape index (κ1) is 25.3. The molecule has 0 radical (unpaired) electrons. The zero-order chi connectivity index (χ0) is 21.7. The van der Waals surface area contributed by atoms with Crippen LogP contribution < -0.4 is 0 Å². The minimum absolute atomic E-state index is 0.0341. The van der Waals surface area contributed by atoms with Crippen molar-refractivity contribution in [2.75, 3.05) is 6.61 Å². The largest absolute Gasteiger partial charge is 0.478 e. The fourth-order valence-electron chi connectivity index (χ4n) is 2.16. The second-order valence-corrected chi connectivity index (χ2v) is 7.18. The van der Waals surface area contributed by atoms with E-state index in [4.69, 9.17) is 15.3 Å². The molecule has 28 heavy (non-hydrogen) atoms. The highest BCUT2D eigenvalue weighted by Crippen LogP contribution is 2.24. The maximum atomic E-state index is 10.2. The molecule has 0 spiro atoms. The molecule has 0 amide bonds. The number of benzene rings is 2. The van der Waals surface area contributed by atoms with Gasteiger partial charge in [-0.1, -0.05) is 64.1 Å². The van der Waals surface area contributed by atoms with E-state index in [1.54, 1.807) is 60.7 Å². The van der Waals surface area contributed by atoms with Gasteiger partial charge in [0, 0.05) is 5.41 Å². The van der Waals surface area contributed by atoms with Crippen LogP contribution in [0, 0.1) is 11.3 Å². The van der Waals surface area contributed by atoms with Crippen LogP contribution in [0.1, 0.15) is 48.4 Å². The summed E-state index contributed by atoms with van der Waals surface area (Å²) in [7, 11) is 0. The van der Waals surface area contributed by atoms with Crippen molar-refractivity contribution in [2.24, 2.45) is 11.3 Å². The van der Waals surface area contributed by atoms with Crippen LogP contribution >= 0.6 is 0 Å². The third kappa shape index (κ3) is 9.85. The maximum Gasteiger partial charge on any atom is 0.335 e. The van der Waals surface area contributed by atoms with Gasteiger partial charge in [-0.25, -0.2) is 9.59 Å². The molecule has 154 valence electrons. The highest BCUT2D eigenvalue weighted by Gasteiger charge is 2.28. The van der Waals surface area contributed by atoms with E-state index in [1.165, 1.54) is 0 Å². The first-order valence-corrected chi connectivity index (χ1v) is 8.88. The summed E-state index contributed by atoms with van der Waals surface area (Å²) in [5, 5.41) is 35.1. The quantitative estimate of drug-likeness (QED) is 0.617. The molecule has 0 bridgehead atoms. The Bertz CT molecular complexity index is 646. The number of aliphatic hydroxyl groups excluding tert-OH is 2. The summed E-state index contributed by atoms with van der Waals surface area (Å²) in [4.78, 5) is 20.4. The second kappa shape index (κ2) is 12.6. The first-order chi connectivity index (χ1) is 13.0. The van der Waals surface area contributed by atoms with Gasteiger partial charge in [0.05, 0.1) is 23.8 Å². The molecule has 2 aromatic carbocycles. The fraction of sp³-hybridized carbons (Fsp3) is 0.364. The fourth-order valence-corrected chi connectivity index (χ4v) is 2.16. The lowest BCUT2D eigenvalue weighted by atomic mass is 9.82. The molecule has 2 aromatic rings. The Balaban J connectivity index is 0.000000391. The number of rotatable bonds is 5. The van der Waals surface area contributed by atoms with E-state index in [1.807, 2.05) is 27.7 Å². The molecule has 1 unspecified atom stereocenters. The molecule has 0 fully saturated rings. The van der Waals surface area contributed by atoms with E-state index < -0.39 is 18.0 Å². The van der Waals surface area contributed by atoms with Gasteiger partial charge in [0.2, 0.25) is 0 Å². The lowest BCUT2D eigenvalue weighted by molar-refractivity contribution is -0.0204. The summed E-state index contributed by atoms with van der Waals surface area (Å²) >= 11 is 0. The Morgan fingerprint density at radius 3 is 1.29 bits per heavy atom. The van der Waals surface area contributed by atoms with E-state index in [9.17, 15) is 14.7 Å². The topological polar surface area (TPSA) is 115 Å². The third-order valence-corrected chi connectivity index (χ3v) is 3.88. The normalized spacial score (nSPS) is 11.4. The Morgan fingerprint density at radius 1 is 0.821 bits per heavy atom. The van der Waals surface area contributed by atoms with Gasteiger partial charge in [0.15, 0.2) is 0 Å². The van der Waals surface area contributed by atoms with E-state index in [0.29, 0.717) is 11.1 Å². The minimum Gasteiger partial charge on any atom is -0.478 e. The Kier molecular flexibility index (Phi) is 11.4. The van der Waals surface area contributed by atoms with Gasteiger partial charge in [-0.15, -0.1) is 0 Å². The van der Waals surface area contributed by atoms with Gasteiger partial charge >= 0.3 is 11.9 Å². The molecular formula is C22H30O6. The summed E-state index contributed by atoms with van der Waals surface area (Å²) in [5.74, 6) is -1.55. The Labute approximate surface area is 166 Å². The van der Waals surface area contributed by atoms with Gasteiger partial charge in [-0.2, -0.15) is 0 Å². The third-order valence-electron chi connectivity index (χ3n) is 3.88. The van der Waals surface area contributed by atoms with E-state index in [-0.39, 0.29) is 17.9 Å². The standard InChI is InChI=1S/C8H18O2.2C7H6O2/c1-6(2)7(10)8(3,4)5-9;2*8-7(9)6-4-2-1-3-5-6/h6-7,9-10H,5H2,1-4H3;2*1-5H,(H,8,9). The minimum atomic E-state index is -0.879. The van der Waals surface area contributed by atoms with Crippen LogP contribution in [-0.4, -0.2) is 45.1 Å². The SMILES string of the molecule is CC(C)C(O)C(C)(C)CO.O=C(O)c1ccccc1.O=C(O)c1ccccc1. The monoisotopic (exact) mass is 390 g/mol. The van der Waals surface area contributed by atoms with Gasteiger partial charge in [0.1, 0.15) is 0 Å². The number of carboxylic acid groups (broad SMARTS) is 2. The molecule has 0 aliphatic heterocycles. The van der Waals surface area contributed by atoms with Crippen molar-refractivity contribution in [2.45, 2.75) is 33.8 Å². The van der Waals surface area contributed by atoms with Crippen molar-refractivity contribution in [1.29, 1.82) is 0 Å². The summed E-state index contributed by atoms with van der Waals surface area (Å²) < 4.78 is 0. The average Bonchev–Trinajstić information content (AvgIpc) is 2.69. The molecule has 0 saturated carbocycles. The highest BCUT2D eigenvalue weighted by atomic mass is 16.4. The van der Waals surface area contributed by atoms with Crippen LogP contribution in [-0.2, 0) is 0 Å². The van der Waals surface area contributed by atoms with Crippen molar-refractivity contribution in [1.82, 2.24) is 0 Å². The van der Waals surface area contributed by atoms with Crippen molar-refractivity contribution in [3.8, 4) is 0 Å². The van der Waals surface area contributed by atoms with Crippen LogP contribution in [0.25, 0.3) is 0 Å².